The van der Waals surface area contributed by atoms with Gasteiger partial charge < -0.3 is 0 Å². The quantitative estimate of drug-likeness (QED) is 0.424. The van der Waals surface area contributed by atoms with E-state index in [9.17, 15) is 0 Å². The number of hydrogen-bond donors (Lipinski definition) is 0. The highest BCUT2D eigenvalue weighted by atomic mass is 127. The Bertz CT molecular complexity index is 567. The van der Waals surface area contributed by atoms with E-state index >= 15 is 0 Å². The molecular formula is C13H8I2N2. The lowest BCUT2D eigenvalue weighted by Gasteiger charge is -2.04. The van der Waals surface area contributed by atoms with Gasteiger partial charge in [-0.05, 0) is 80.6 Å². The molecular weight excluding hydrogens is 438 g/mol. The second kappa shape index (κ2) is 4.64. The SMILES string of the molecule is Ic1ccc2c(c1)N=Nc1cc(I)ccc1C2. The van der Waals surface area contributed by atoms with Crippen LogP contribution in [-0.2, 0) is 6.42 Å². The third-order valence-electron chi connectivity index (χ3n) is 2.74. The molecule has 2 aromatic carbocycles. The van der Waals surface area contributed by atoms with Crippen molar-refractivity contribution in [3.63, 3.8) is 0 Å². The molecule has 0 unspecified atom stereocenters. The molecule has 0 N–H and O–H groups in total. The second-order valence-corrected chi connectivity index (χ2v) is 6.41. The first kappa shape index (κ1) is 11.6. The molecule has 0 saturated heterocycles. The predicted octanol–water partition coefficient (Wildman–Crippen LogP) is 5.22. The van der Waals surface area contributed by atoms with Gasteiger partial charge in [0.15, 0.2) is 0 Å². The molecule has 2 aromatic rings. The molecule has 4 heteroatoms. The normalized spacial score (nSPS) is 12.8. The van der Waals surface area contributed by atoms with Crippen molar-refractivity contribution < 1.29 is 0 Å². The lowest BCUT2D eigenvalue weighted by atomic mass is 10.0. The molecule has 17 heavy (non-hydrogen) atoms. The van der Waals surface area contributed by atoms with Crippen LogP contribution in [0.3, 0.4) is 0 Å². The number of benzene rings is 2. The van der Waals surface area contributed by atoms with Crippen LogP contribution in [0.15, 0.2) is 46.6 Å². The van der Waals surface area contributed by atoms with Crippen LogP contribution in [0.5, 0.6) is 0 Å². The zero-order valence-corrected chi connectivity index (χ0v) is 13.1. The number of hydrogen-bond acceptors (Lipinski definition) is 2. The molecule has 0 amide bonds. The molecule has 3 rings (SSSR count). The first-order valence-corrected chi connectivity index (χ1v) is 7.37. The first-order chi connectivity index (χ1) is 8.22. The molecule has 0 radical (unpaired) electrons. The molecule has 1 aliphatic heterocycles. The van der Waals surface area contributed by atoms with Crippen LogP contribution in [0.2, 0.25) is 0 Å². The van der Waals surface area contributed by atoms with E-state index in [1.54, 1.807) is 0 Å². The van der Waals surface area contributed by atoms with Gasteiger partial charge in [-0.25, -0.2) is 0 Å². The average Bonchev–Trinajstić information content (AvgIpc) is 2.48. The minimum atomic E-state index is 0.908. The summed E-state index contributed by atoms with van der Waals surface area (Å²) in [6.07, 6.45) is 0.908. The number of rotatable bonds is 0. The van der Waals surface area contributed by atoms with E-state index in [0.29, 0.717) is 0 Å². The van der Waals surface area contributed by atoms with Gasteiger partial charge >= 0.3 is 0 Å². The molecule has 1 heterocycles. The average molecular weight is 446 g/mol. The summed E-state index contributed by atoms with van der Waals surface area (Å²) in [6, 6.07) is 12.7. The Hall–Kier alpha value is -0.500. The zero-order valence-electron chi connectivity index (χ0n) is 8.82. The van der Waals surface area contributed by atoms with Gasteiger partial charge in [0.1, 0.15) is 0 Å². The van der Waals surface area contributed by atoms with Crippen molar-refractivity contribution >= 4 is 56.6 Å². The fourth-order valence-corrected chi connectivity index (χ4v) is 2.82. The van der Waals surface area contributed by atoms with Crippen LogP contribution in [0.1, 0.15) is 11.1 Å². The summed E-state index contributed by atoms with van der Waals surface area (Å²) in [6.45, 7) is 0. The Balaban J connectivity index is 2.16. The van der Waals surface area contributed by atoms with E-state index in [0.717, 1.165) is 17.8 Å². The zero-order chi connectivity index (χ0) is 11.8. The van der Waals surface area contributed by atoms with E-state index in [2.05, 4.69) is 91.8 Å². The van der Waals surface area contributed by atoms with Crippen molar-refractivity contribution in [2.45, 2.75) is 6.42 Å². The van der Waals surface area contributed by atoms with Gasteiger partial charge in [-0.2, -0.15) is 10.2 Å². The smallest absolute Gasteiger partial charge is 0.0902 e. The Morgan fingerprint density at radius 1 is 0.765 bits per heavy atom. The molecule has 0 atom stereocenters. The van der Waals surface area contributed by atoms with E-state index in [1.165, 1.54) is 18.3 Å². The molecule has 0 spiro atoms. The Morgan fingerprint density at radius 3 is 1.71 bits per heavy atom. The van der Waals surface area contributed by atoms with Crippen molar-refractivity contribution in [1.82, 2.24) is 0 Å². The predicted molar refractivity (Wildman–Crippen MR) is 85.3 cm³/mol. The van der Waals surface area contributed by atoms with Crippen LogP contribution < -0.4 is 0 Å². The summed E-state index contributed by atoms with van der Waals surface area (Å²) >= 11 is 4.60. The Morgan fingerprint density at radius 2 is 1.24 bits per heavy atom. The summed E-state index contributed by atoms with van der Waals surface area (Å²) in [4.78, 5) is 0. The van der Waals surface area contributed by atoms with Crippen LogP contribution in [0.25, 0.3) is 0 Å². The number of azo groups is 1. The number of nitrogens with zero attached hydrogens (tertiary/aromatic N) is 2. The summed E-state index contributed by atoms with van der Waals surface area (Å²) in [5.74, 6) is 0. The second-order valence-electron chi connectivity index (χ2n) is 3.92. The first-order valence-electron chi connectivity index (χ1n) is 5.21. The van der Waals surface area contributed by atoms with Crippen LogP contribution in [-0.4, -0.2) is 0 Å². The Labute approximate surface area is 127 Å². The van der Waals surface area contributed by atoms with Gasteiger partial charge in [0.05, 0.1) is 11.4 Å². The van der Waals surface area contributed by atoms with Crippen LogP contribution in [0.4, 0.5) is 11.4 Å². The van der Waals surface area contributed by atoms with Gasteiger partial charge in [0.2, 0.25) is 0 Å². The molecule has 0 fully saturated rings. The van der Waals surface area contributed by atoms with Crippen molar-refractivity contribution in [3.8, 4) is 0 Å². The van der Waals surface area contributed by atoms with Gasteiger partial charge in [-0.3, -0.25) is 0 Å². The highest BCUT2D eigenvalue weighted by molar-refractivity contribution is 14.1. The molecule has 0 saturated carbocycles. The van der Waals surface area contributed by atoms with Gasteiger partial charge in [-0.15, -0.1) is 0 Å². The van der Waals surface area contributed by atoms with E-state index in [1.807, 2.05) is 0 Å². The highest BCUT2D eigenvalue weighted by Gasteiger charge is 2.11. The largest absolute Gasteiger partial charge is 0.150 e. The van der Waals surface area contributed by atoms with E-state index < -0.39 is 0 Å². The minimum Gasteiger partial charge on any atom is -0.150 e. The number of fused-ring (bicyclic) bond motifs is 2. The summed E-state index contributed by atoms with van der Waals surface area (Å²) < 4.78 is 2.39. The molecule has 84 valence electrons. The summed E-state index contributed by atoms with van der Waals surface area (Å²) in [7, 11) is 0. The number of halogens is 2. The molecule has 0 aliphatic carbocycles. The maximum absolute atomic E-state index is 4.35. The maximum atomic E-state index is 4.35. The fourth-order valence-electron chi connectivity index (χ4n) is 1.87. The molecule has 1 aliphatic rings. The molecule has 0 bridgehead atoms. The standard InChI is InChI=1S/C13H8I2N2/c14-10-3-1-8-5-9-2-4-11(15)7-13(9)17-16-12(8)6-10/h1-4,6-7H,5H2. The van der Waals surface area contributed by atoms with E-state index in [-0.39, 0.29) is 0 Å². The van der Waals surface area contributed by atoms with Crippen molar-refractivity contribution in [2.75, 3.05) is 0 Å². The topological polar surface area (TPSA) is 24.7 Å². The monoisotopic (exact) mass is 446 g/mol. The van der Waals surface area contributed by atoms with Gasteiger partial charge in [0.25, 0.3) is 0 Å². The van der Waals surface area contributed by atoms with Crippen molar-refractivity contribution in [3.05, 3.63) is 54.7 Å². The van der Waals surface area contributed by atoms with Crippen LogP contribution in [0, 0.1) is 7.14 Å². The van der Waals surface area contributed by atoms with E-state index in [4.69, 9.17) is 0 Å². The maximum Gasteiger partial charge on any atom is 0.0902 e. The Kier molecular flexibility index (Phi) is 3.16. The minimum absolute atomic E-state index is 0.908. The highest BCUT2D eigenvalue weighted by Crippen LogP contribution is 2.34. The lowest BCUT2D eigenvalue weighted by molar-refractivity contribution is 1.20. The van der Waals surface area contributed by atoms with Gasteiger partial charge in [0, 0.05) is 13.6 Å². The fraction of sp³-hybridized carbons (Fsp3) is 0.0769. The third kappa shape index (κ3) is 2.37. The third-order valence-corrected chi connectivity index (χ3v) is 4.08. The molecule has 0 aromatic heterocycles. The lowest BCUT2D eigenvalue weighted by Crippen LogP contribution is -1.88. The van der Waals surface area contributed by atoms with Gasteiger partial charge in [-0.1, -0.05) is 12.1 Å². The van der Waals surface area contributed by atoms with Crippen molar-refractivity contribution in [2.24, 2.45) is 10.2 Å². The molecule has 2 nitrogen and oxygen atoms in total. The summed E-state index contributed by atoms with van der Waals surface area (Å²) in [5, 5.41) is 8.69. The van der Waals surface area contributed by atoms with Crippen LogP contribution >= 0.6 is 45.2 Å². The summed E-state index contributed by atoms with van der Waals surface area (Å²) in [5.41, 5.74) is 4.47. The van der Waals surface area contributed by atoms with Crippen molar-refractivity contribution in [1.29, 1.82) is 0 Å².